The van der Waals surface area contributed by atoms with Crippen LogP contribution in [0.5, 0.6) is 0 Å². The largest absolute Gasteiger partial charge is 0.308 e. The van der Waals surface area contributed by atoms with Gasteiger partial charge in [-0.15, -0.1) is 11.3 Å². The van der Waals surface area contributed by atoms with E-state index in [1.165, 1.54) is 92.7 Å². The van der Waals surface area contributed by atoms with Gasteiger partial charge < -0.3 is 4.90 Å². The zero-order chi connectivity index (χ0) is 39.1. The molecule has 1 atom stereocenters. The second kappa shape index (κ2) is 13.0. The summed E-state index contributed by atoms with van der Waals surface area (Å²) in [6.45, 7) is 2.40. The fourth-order valence-corrected chi connectivity index (χ4v) is 11.9. The molecule has 0 radical (unpaired) electrons. The van der Waals surface area contributed by atoms with E-state index in [2.05, 4.69) is 230 Å². The number of rotatable bonds is 6. The Labute approximate surface area is 349 Å². The summed E-state index contributed by atoms with van der Waals surface area (Å²) in [6, 6.07) is 81.4. The van der Waals surface area contributed by atoms with Crippen LogP contribution in [0.15, 0.2) is 218 Å². The Bertz CT molecular complexity index is 3200. The lowest BCUT2D eigenvalue weighted by molar-refractivity contribution is 0.714. The minimum absolute atomic E-state index is 0.278. The molecule has 0 amide bonds. The first kappa shape index (κ1) is 34.1. The summed E-state index contributed by atoms with van der Waals surface area (Å²) in [5.74, 6) is 0. The topological polar surface area (TPSA) is 3.24 Å². The molecule has 2 aliphatic rings. The smallest absolute Gasteiger partial charge is 0.0714 e. The Kier molecular flexibility index (Phi) is 7.51. The summed E-state index contributed by atoms with van der Waals surface area (Å²) in [7, 11) is 0. The fraction of sp³-hybridized carbons (Fsp3) is 0.0526. The van der Waals surface area contributed by atoms with Crippen molar-refractivity contribution in [1.82, 2.24) is 0 Å². The number of nitrogens with zero attached hydrogens (tertiary/aromatic N) is 1. The van der Waals surface area contributed by atoms with Crippen molar-refractivity contribution in [3.63, 3.8) is 0 Å². The highest BCUT2D eigenvalue weighted by molar-refractivity contribution is 7.26. The lowest BCUT2D eigenvalue weighted by atomic mass is 9.68. The van der Waals surface area contributed by atoms with E-state index in [0.717, 1.165) is 5.69 Å². The van der Waals surface area contributed by atoms with Gasteiger partial charge in [0, 0.05) is 32.1 Å². The van der Waals surface area contributed by atoms with E-state index in [1.807, 2.05) is 11.3 Å². The van der Waals surface area contributed by atoms with Crippen LogP contribution in [-0.4, -0.2) is 0 Å². The van der Waals surface area contributed by atoms with Gasteiger partial charge in [0.15, 0.2) is 0 Å². The van der Waals surface area contributed by atoms with Crippen molar-refractivity contribution in [3.8, 4) is 22.3 Å². The maximum atomic E-state index is 2.57. The molecule has 1 unspecified atom stereocenters. The van der Waals surface area contributed by atoms with Crippen molar-refractivity contribution in [1.29, 1.82) is 0 Å². The molecule has 1 nitrogen and oxygen atoms in total. The highest BCUT2D eigenvalue weighted by Gasteiger charge is 2.47. The molecular formula is C57H39NS. The van der Waals surface area contributed by atoms with Gasteiger partial charge in [0.1, 0.15) is 0 Å². The zero-order valence-electron chi connectivity index (χ0n) is 32.6. The van der Waals surface area contributed by atoms with Crippen LogP contribution >= 0.6 is 11.3 Å². The quantitative estimate of drug-likeness (QED) is 0.163. The maximum absolute atomic E-state index is 2.57. The first-order chi connectivity index (χ1) is 29.2. The van der Waals surface area contributed by atoms with Crippen LogP contribution < -0.4 is 4.90 Å². The van der Waals surface area contributed by atoms with E-state index in [-0.39, 0.29) is 5.41 Å². The number of hydrogen-bond donors (Lipinski definition) is 0. The fourth-order valence-electron chi connectivity index (χ4n) is 10.7. The molecule has 2 heteroatoms. The van der Waals surface area contributed by atoms with Gasteiger partial charge >= 0.3 is 0 Å². The van der Waals surface area contributed by atoms with Crippen LogP contribution in [0.2, 0.25) is 0 Å². The second-order valence-electron chi connectivity index (χ2n) is 16.1. The summed E-state index contributed by atoms with van der Waals surface area (Å²) in [5.41, 5.74) is 17.0. The molecule has 9 aromatic carbocycles. The molecule has 0 spiro atoms. The average Bonchev–Trinajstić information content (AvgIpc) is 3.93. The van der Waals surface area contributed by atoms with Gasteiger partial charge in [-0.1, -0.05) is 188 Å². The second-order valence-corrected chi connectivity index (χ2v) is 17.1. The molecule has 0 saturated carbocycles. The number of fused-ring (bicyclic) bond motifs is 9. The summed E-state index contributed by atoms with van der Waals surface area (Å²) < 4.78 is 2.58. The third-order valence-corrected chi connectivity index (χ3v) is 14.4. The molecule has 1 aromatic heterocycles. The van der Waals surface area contributed by atoms with Gasteiger partial charge in [0.2, 0.25) is 0 Å². The molecule has 2 aliphatic carbocycles. The zero-order valence-corrected chi connectivity index (χ0v) is 33.5. The van der Waals surface area contributed by atoms with Gasteiger partial charge in [-0.3, -0.25) is 0 Å². The molecule has 1 heterocycles. The summed E-state index contributed by atoms with van der Waals surface area (Å²) in [4.78, 5) is 2.57. The molecule has 0 saturated heterocycles. The first-order valence-corrected chi connectivity index (χ1v) is 21.3. The van der Waals surface area contributed by atoms with Crippen molar-refractivity contribution in [2.75, 3.05) is 4.90 Å². The normalized spacial score (nSPS) is 15.7. The Balaban J connectivity index is 1.18. The third kappa shape index (κ3) is 4.72. The molecular weight excluding hydrogens is 731 g/mol. The average molecular weight is 770 g/mol. The van der Waals surface area contributed by atoms with E-state index >= 15 is 0 Å². The lowest BCUT2D eigenvalue weighted by Gasteiger charge is -2.34. The van der Waals surface area contributed by atoms with Gasteiger partial charge in [-0.05, 0) is 92.9 Å². The Morgan fingerprint density at radius 3 is 1.68 bits per heavy atom. The van der Waals surface area contributed by atoms with Crippen molar-refractivity contribution >= 4 is 48.6 Å². The summed E-state index contributed by atoms with van der Waals surface area (Å²) in [5, 5.41) is 2.58. The number of anilines is 3. The van der Waals surface area contributed by atoms with E-state index in [0.29, 0.717) is 0 Å². The summed E-state index contributed by atoms with van der Waals surface area (Å²) in [6.07, 6.45) is 0. The van der Waals surface area contributed by atoms with Crippen molar-refractivity contribution in [3.05, 3.63) is 257 Å². The van der Waals surface area contributed by atoms with Crippen LogP contribution in [0.1, 0.15) is 45.9 Å². The maximum Gasteiger partial charge on any atom is 0.0714 e. The monoisotopic (exact) mass is 769 g/mol. The van der Waals surface area contributed by atoms with Crippen LogP contribution in [0, 0.1) is 0 Å². The Morgan fingerprint density at radius 2 is 0.932 bits per heavy atom. The van der Waals surface area contributed by atoms with E-state index in [9.17, 15) is 0 Å². The molecule has 12 rings (SSSR count). The lowest BCUT2D eigenvalue weighted by Crippen LogP contribution is -2.28. The predicted molar refractivity (Wildman–Crippen MR) is 249 cm³/mol. The van der Waals surface area contributed by atoms with E-state index in [4.69, 9.17) is 0 Å². The molecule has 0 N–H and O–H groups in total. The third-order valence-electron chi connectivity index (χ3n) is 13.2. The molecule has 59 heavy (non-hydrogen) atoms. The highest BCUT2D eigenvalue weighted by atomic mass is 32.1. The van der Waals surface area contributed by atoms with Crippen molar-refractivity contribution in [2.45, 2.75) is 17.8 Å². The van der Waals surface area contributed by atoms with E-state index < -0.39 is 5.41 Å². The van der Waals surface area contributed by atoms with Crippen LogP contribution in [-0.2, 0) is 10.8 Å². The van der Waals surface area contributed by atoms with Crippen LogP contribution in [0.3, 0.4) is 0 Å². The number of hydrogen-bond acceptors (Lipinski definition) is 2. The predicted octanol–water partition coefficient (Wildman–Crippen LogP) is 15.2. The van der Waals surface area contributed by atoms with Crippen LogP contribution in [0.25, 0.3) is 42.4 Å². The van der Waals surface area contributed by atoms with Gasteiger partial charge in [-0.25, -0.2) is 0 Å². The Hall–Kier alpha value is -7.00. The molecule has 0 aliphatic heterocycles. The SMILES string of the molecule is CC1(c2ccccc2)c2ccccc2-c2cc(N(c3cccc4c3-c3ccccc3C4(c3ccccc3)c3ccccc3)c3cccc4c3sc3ccccc34)ccc21. The minimum Gasteiger partial charge on any atom is -0.308 e. The van der Waals surface area contributed by atoms with Gasteiger partial charge in [0.05, 0.1) is 21.5 Å². The number of benzene rings is 9. The van der Waals surface area contributed by atoms with Gasteiger partial charge in [-0.2, -0.15) is 0 Å². The molecule has 0 fully saturated rings. The molecule has 0 bridgehead atoms. The van der Waals surface area contributed by atoms with Crippen LogP contribution in [0.4, 0.5) is 17.1 Å². The minimum atomic E-state index is -0.506. The van der Waals surface area contributed by atoms with Crippen molar-refractivity contribution < 1.29 is 0 Å². The molecule has 10 aromatic rings. The first-order valence-electron chi connectivity index (χ1n) is 20.5. The van der Waals surface area contributed by atoms with E-state index in [1.54, 1.807) is 0 Å². The van der Waals surface area contributed by atoms with Crippen molar-refractivity contribution in [2.24, 2.45) is 0 Å². The van der Waals surface area contributed by atoms with Gasteiger partial charge in [0.25, 0.3) is 0 Å². The Morgan fingerprint density at radius 1 is 0.390 bits per heavy atom. The molecule has 278 valence electrons. The highest BCUT2D eigenvalue weighted by Crippen LogP contribution is 2.61. The standard InChI is InChI=1S/C57H39NS/c1-56(38-19-5-2-6-20-38)47-29-14-11-25-42(47)46-37-41(35-36-48(46)56)58(52-33-17-28-44-43-26-13-16-34-53(43)59-55(44)52)51-32-18-31-50-54(51)45-27-12-15-30-49(45)57(50,39-21-7-3-8-22-39)40-23-9-4-10-24-40/h2-37H,1H3. The summed E-state index contributed by atoms with van der Waals surface area (Å²) >= 11 is 1.89. The number of thiophene rings is 1.